The van der Waals surface area contributed by atoms with Crippen LogP contribution in [0.2, 0.25) is 0 Å². The van der Waals surface area contributed by atoms with E-state index in [0.29, 0.717) is 19.4 Å². The lowest BCUT2D eigenvalue weighted by atomic mass is 10.2. The highest BCUT2D eigenvalue weighted by atomic mass is 19.4. The molecule has 0 aliphatic carbocycles. The van der Waals surface area contributed by atoms with Crippen LogP contribution >= 0.6 is 0 Å². The fraction of sp³-hybridized carbons (Fsp3) is 0.833. The van der Waals surface area contributed by atoms with Crippen molar-refractivity contribution in [2.45, 2.75) is 51.4 Å². The first-order valence-corrected chi connectivity index (χ1v) is 6.35. The topological polar surface area (TPSA) is 58.6 Å². The molecule has 0 aromatic heterocycles. The highest BCUT2D eigenvalue weighted by molar-refractivity contribution is 5.81. The zero-order valence-corrected chi connectivity index (χ0v) is 11.7. The molecule has 1 fully saturated rings. The maximum Gasteiger partial charge on any atom is 0.471 e. The van der Waals surface area contributed by atoms with E-state index in [1.165, 1.54) is 4.90 Å². The van der Waals surface area contributed by atoms with Crippen molar-refractivity contribution in [2.24, 2.45) is 0 Å². The molecule has 8 heteroatoms. The molecule has 1 heterocycles. The van der Waals surface area contributed by atoms with Crippen molar-refractivity contribution in [2.75, 3.05) is 13.1 Å². The summed E-state index contributed by atoms with van der Waals surface area (Å²) in [5.74, 6) is -1.99. The van der Waals surface area contributed by atoms with Gasteiger partial charge in [0.1, 0.15) is 5.60 Å². The summed E-state index contributed by atoms with van der Waals surface area (Å²) >= 11 is 0. The summed E-state index contributed by atoms with van der Waals surface area (Å²) in [7, 11) is 0. The number of hydrogen-bond donors (Lipinski definition) is 1. The molecule has 0 aromatic rings. The van der Waals surface area contributed by atoms with Crippen molar-refractivity contribution >= 4 is 12.0 Å². The van der Waals surface area contributed by atoms with Gasteiger partial charge in [0.05, 0.1) is 6.04 Å². The quantitative estimate of drug-likeness (QED) is 0.848. The summed E-state index contributed by atoms with van der Waals surface area (Å²) in [4.78, 5) is 24.0. The van der Waals surface area contributed by atoms with Gasteiger partial charge in [0.25, 0.3) is 0 Å². The Kier molecular flexibility index (Phi) is 4.88. The smallest absolute Gasteiger partial charge is 0.444 e. The Morgan fingerprint density at radius 3 is 2.40 bits per heavy atom. The van der Waals surface area contributed by atoms with E-state index in [2.05, 4.69) is 0 Å². The lowest BCUT2D eigenvalue weighted by molar-refractivity contribution is -0.173. The molecular formula is C12H19F3N2O3. The number of carbonyl (C=O) groups is 2. The van der Waals surface area contributed by atoms with E-state index >= 15 is 0 Å². The van der Waals surface area contributed by atoms with Gasteiger partial charge in [-0.15, -0.1) is 0 Å². The van der Waals surface area contributed by atoms with E-state index in [9.17, 15) is 22.8 Å². The third-order valence-corrected chi connectivity index (χ3v) is 2.76. The first kappa shape index (κ1) is 16.6. The Morgan fingerprint density at radius 2 is 1.90 bits per heavy atom. The van der Waals surface area contributed by atoms with Crippen molar-refractivity contribution < 1.29 is 27.5 Å². The number of carbonyl (C=O) groups excluding carboxylic acids is 2. The molecule has 116 valence electrons. The minimum absolute atomic E-state index is 0.225. The second-order valence-electron chi connectivity index (χ2n) is 5.68. The molecule has 1 rings (SSSR count). The molecule has 1 aliphatic rings. The fourth-order valence-corrected chi connectivity index (χ4v) is 1.92. The summed E-state index contributed by atoms with van der Waals surface area (Å²) in [6.07, 6.45) is -4.26. The van der Waals surface area contributed by atoms with Crippen LogP contribution in [-0.2, 0) is 9.53 Å². The van der Waals surface area contributed by atoms with Crippen LogP contribution in [0.25, 0.3) is 0 Å². The van der Waals surface area contributed by atoms with Gasteiger partial charge in [-0.2, -0.15) is 13.2 Å². The molecule has 5 nitrogen and oxygen atoms in total. The minimum Gasteiger partial charge on any atom is -0.444 e. The second kappa shape index (κ2) is 5.88. The maximum atomic E-state index is 12.1. The number of rotatable bonds is 2. The Hall–Kier alpha value is -1.47. The Balaban J connectivity index is 2.54. The van der Waals surface area contributed by atoms with Crippen LogP contribution in [0.5, 0.6) is 0 Å². The zero-order chi connectivity index (χ0) is 15.6. The molecule has 0 bridgehead atoms. The van der Waals surface area contributed by atoms with Gasteiger partial charge >= 0.3 is 18.2 Å². The average molecular weight is 296 g/mol. The van der Waals surface area contributed by atoms with Gasteiger partial charge in [-0.3, -0.25) is 4.79 Å². The van der Waals surface area contributed by atoms with Crippen LogP contribution in [0.4, 0.5) is 18.0 Å². The van der Waals surface area contributed by atoms with E-state index in [0.717, 1.165) is 0 Å². The first-order chi connectivity index (χ1) is 9.00. The van der Waals surface area contributed by atoms with E-state index in [1.807, 2.05) is 0 Å². The van der Waals surface area contributed by atoms with Crippen molar-refractivity contribution in [3.8, 4) is 0 Å². The first-order valence-electron chi connectivity index (χ1n) is 6.35. The van der Waals surface area contributed by atoms with E-state index < -0.39 is 29.8 Å². The number of likely N-dealkylation sites (tertiary alicyclic amines) is 1. The van der Waals surface area contributed by atoms with Gasteiger partial charge in [0, 0.05) is 13.1 Å². The molecule has 1 N–H and O–H groups in total. The summed E-state index contributed by atoms with van der Waals surface area (Å²) in [6.45, 7) is 5.32. The van der Waals surface area contributed by atoms with Crippen LogP contribution in [0.3, 0.4) is 0 Å². The molecule has 0 unspecified atom stereocenters. The summed E-state index contributed by atoms with van der Waals surface area (Å²) < 4.78 is 41.4. The lowest BCUT2D eigenvalue weighted by Crippen LogP contribution is -2.47. The number of nitrogens with one attached hydrogen (secondary N) is 1. The molecule has 1 aliphatic heterocycles. The number of amides is 2. The highest BCUT2D eigenvalue weighted by Gasteiger charge is 2.40. The standard InChI is InChI=1S/C12H19F3N2O3/c1-11(2,3)20-10(19)17-6-4-5-8(17)7-16-9(18)12(13,14)15/h8H,4-7H2,1-3H3,(H,16,18)/t8-/m1/s1. The number of halogens is 3. The van der Waals surface area contributed by atoms with Crippen molar-refractivity contribution in [1.29, 1.82) is 0 Å². The number of hydrogen-bond acceptors (Lipinski definition) is 3. The fourth-order valence-electron chi connectivity index (χ4n) is 1.92. The molecular weight excluding hydrogens is 277 g/mol. The van der Waals surface area contributed by atoms with Crippen LogP contribution in [0.1, 0.15) is 33.6 Å². The predicted molar refractivity (Wildman–Crippen MR) is 65.0 cm³/mol. The molecule has 0 radical (unpaired) electrons. The van der Waals surface area contributed by atoms with Gasteiger partial charge in [-0.25, -0.2) is 4.79 Å². The lowest BCUT2D eigenvalue weighted by Gasteiger charge is -2.28. The average Bonchev–Trinajstić information content (AvgIpc) is 2.70. The van der Waals surface area contributed by atoms with Crippen LogP contribution in [0, 0.1) is 0 Å². The Bertz CT molecular complexity index is 377. The Labute approximate surface area is 115 Å². The highest BCUT2D eigenvalue weighted by Crippen LogP contribution is 2.21. The van der Waals surface area contributed by atoms with Crippen LogP contribution < -0.4 is 5.32 Å². The largest absolute Gasteiger partial charge is 0.471 e. The summed E-state index contributed by atoms with van der Waals surface area (Å²) in [5.41, 5.74) is -0.667. The molecule has 2 amide bonds. The van der Waals surface area contributed by atoms with Gasteiger partial charge in [-0.1, -0.05) is 0 Å². The van der Waals surface area contributed by atoms with E-state index in [1.54, 1.807) is 26.1 Å². The molecule has 1 saturated heterocycles. The van der Waals surface area contributed by atoms with Crippen LogP contribution in [-0.4, -0.2) is 47.8 Å². The number of alkyl halides is 3. The normalized spacial score (nSPS) is 19.9. The van der Waals surface area contributed by atoms with Gasteiger partial charge in [-0.05, 0) is 33.6 Å². The maximum absolute atomic E-state index is 12.1. The van der Waals surface area contributed by atoms with Crippen molar-refractivity contribution in [3.05, 3.63) is 0 Å². The molecule has 0 spiro atoms. The minimum atomic E-state index is -4.91. The SMILES string of the molecule is CC(C)(C)OC(=O)N1CCC[C@@H]1CNC(=O)C(F)(F)F. The molecule has 20 heavy (non-hydrogen) atoms. The van der Waals surface area contributed by atoms with Gasteiger partial charge in [0.15, 0.2) is 0 Å². The van der Waals surface area contributed by atoms with Crippen molar-refractivity contribution in [3.63, 3.8) is 0 Å². The summed E-state index contributed by atoms with van der Waals surface area (Å²) in [5, 5.41) is 1.80. The van der Waals surface area contributed by atoms with E-state index in [-0.39, 0.29) is 6.54 Å². The third kappa shape index (κ3) is 4.90. The molecule has 1 atom stereocenters. The monoisotopic (exact) mass is 296 g/mol. The van der Waals surface area contributed by atoms with E-state index in [4.69, 9.17) is 4.74 Å². The number of ether oxygens (including phenoxy) is 1. The Morgan fingerprint density at radius 1 is 1.30 bits per heavy atom. The van der Waals surface area contributed by atoms with Crippen LogP contribution in [0.15, 0.2) is 0 Å². The van der Waals surface area contributed by atoms with Gasteiger partial charge in [0.2, 0.25) is 0 Å². The van der Waals surface area contributed by atoms with Gasteiger partial charge < -0.3 is 15.0 Å². The third-order valence-electron chi connectivity index (χ3n) is 2.76. The summed E-state index contributed by atoms with van der Waals surface area (Å²) in [6, 6.07) is -0.462. The second-order valence-corrected chi connectivity index (χ2v) is 5.68. The number of nitrogens with zero attached hydrogens (tertiary/aromatic N) is 1. The predicted octanol–water partition coefficient (Wildman–Crippen LogP) is 2.06. The molecule has 0 aromatic carbocycles. The van der Waals surface area contributed by atoms with Crippen molar-refractivity contribution in [1.82, 2.24) is 10.2 Å². The molecule has 0 saturated carbocycles. The zero-order valence-electron chi connectivity index (χ0n) is 11.7.